The second-order valence-corrected chi connectivity index (χ2v) is 10.6. The third-order valence-electron chi connectivity index (χ3n) is 9.51. The molecule has 0 saturated heterocycles. The first kappa shape index (κ1) is 18.8. The van der Waals surface area contributed by atoms with E-state index in [9.17, 15) is 9.90 Å². The molecule has 4 saturated carbocycles. The highest BCUT2D eigenvalue weighted by atomic mass is 16.5. The van der Waals surface area contributed by atoms with E-state index in [-0.39, 0.29) is 23.4 Å². The van der Waals surface area contributed by atoms with Gasteiger partial charge in [0.25, 0.3) is 0 Å². The first-order chi connectivity index (χ1) is 12.3. The van der Waals surface area contributed by atoms with Crippen LogP contribution in [-0.2, 0) is 9.53 Å². The molecule has 0 aliphatic heterocycles. The number of aliphatic hydroxyl groups excluding tert-OH is 1. The van der Waals surface area contributed by atoms with Gasteiger partial charge in [0, 0.05) is 12.8 Å². The van der Waals surface area contributed by atoms with Crippen LogP contribution in [0.3, 0.4) is 0 Å². The Hall–Kier alpha value is -0.570. The van der Waals surface area contributed by atoms with Crippen molar-refractivity contribution < 1.29 is 14.6 Å². The van der Waals surface area contributed by atoms with Crippen molar-refractivity contribution in [2.75, 3.05) is 0 Å². The van der Waals surface area contributed by atoms with Crippen molar-refractivity contribution in [2.45, 2.75) is 97.7 Å². The van der Waals surface area contributed by atoms with E-state index < -0.39 is 6.10 Å². The van der Waals surface area contributed by atoms with Crippen LogP contribution in [0.15, 0.2) is 0 Å². The van der Waals surface area contributed by atoms with Gasteiger partial charge in [-0.1, -0.05) is 26.7 Å². The second kappa shape index (κ2) is 6.50. The summed E-state index contributed by atoms with van der Waals surface area (Å²) in [6, 6.07) is 0. The summed E-state index contributed by atoms with van der Waals surface area (Å²) < 4.78 is 5.75. The molecule has 3 heteroatoms. The Bertz CT molecular complexity index is 558. The average Bonchev–Trinajstić information content (AvgIpc) is 2.85. The molecule has 0 aromatic carbocycles. The minimum Gasteiger partial charge on any atom is -0.462 e. The Morgan fingerprint density at radius 2 is 1.81 bits per heavy atom. The summed E-state index contributed by atoms with van der Waals surface area (Å²) in [4.78, 5) is 11.7. The molecule has 0 radical (unpaired) electrons. The van der Waals surface area contributed by atoms with Crippen molar-refractivity contribution in [1.29, 1.82) is 0 Å². The molecule has 0 aromatic heterocycles. The van der Waals surface area contributed by atoms with Crippen LogP contribution in [0, 0.1) is 40.4 Å². The lowest BCUT2D eigenvalue weighted by molar-refractivity contribution is -0.152. The van der Waals surface area contributed by atoms with Gasteiger partial charge in [-0.3, -0.25) is 4.79 Å². The van der Waals surface area contributed by atoms with Crippen LogP contribution < -0.4 is 0 Å². The molecule has 9 atom stereocenters. The van der Waals surface area contributed by atoms with Crippen LogP contribution >= 0.6 is 0 Å². The maximum Gasteiger partial charge on any atom is 0.302 e. The summed E-state index contributed by atoms with van der Waals surface area (Å²) in [6.07, 6.45) is 11.4. The number of fused-ring (bicyclic) bond motifs is 5. The number of hydrogen-bond donors (Lipinski definition) is 1. The molecule has 4 aliphatic rings. The number of aliphatic hydroxyl groups is 1. The number of hydrogen-bond acceptors (Lipinski definition) is 3. The molecule has 0 unspecified atom stereocenters. The van der Waals surface area contributed by atoms with E-state index in [0.29, 0.717) is 11.3 Å². The molecule has 26 heavy (non-hydrogen) atoms. The molecule has 0 aromatic rings. The van der Waals surface area contributed by atoms with Crippen molar-refractivity contribution in [1.82, 2.24) is 0 Å². The van der Waals surface area contributed by atoms with Gasteiger partial charge in [-0.25, -0.2) is 0 Å². The fourth-order valence-electron chi connectivity index (χ4n) is 8.52. The molecule has 4 fully saturated rings. The molecule has 0 spiro atoms. The summed E-state index contributed by atoms with van der Waals surface area (Å²) in [6.45, 7) is 8.41. The third-order valence-corrected chi connectivity index (χ3v) is 9.51. The first-order valence-electron chi connectivity index (χ1n) is 11.1. The molecule has 0 amide bonds. The van der Waals surface area contributed by atoms with Gasteiger partial charge in [-0.15, -0.1) is 0 Å². The summed E-state index contributed by atoms with van der Waals surface area (Å²) in [7, 11) is 0. The van der Waals surface area contributed by atoms with Crippen molar-refractivity contribution in [3.63, 3.8) is 0 Å². The fraction of sp³-hybridized carbons (Fsp3) is 0.957. The Balaban J connectivity index is 1.64. The maximum absolute atomic E-state index is 11.7. The number of carbonyl (C=O) groups excluding carboxylic acids is 1. The van der Waals surface area contributed by atoms with Gasteiger partial charge < -0.3 is 9.84 Å². The standard InChI is InChI=1S/C23H38O3/c1-14(24)21-20(26-15(2)25)13-19-17-9-8-16-7-5-6-11-22(16,3)18(17)10-12-23(19,21)4/h14,16-21,24H,5-13H2,1-4H3/t14-,16-,17+,18+,19+,20+,21+,22-,23-/m0/s1. The molecular formula is C23H38O3. The third kappa shape index (κ3) is 2.67. The summed E-state index contributed by atoms with van der Waals surface area (Å²) in [5, 5.41) is 10.6. The molecule has 3 nitrogen and oxygen atoms in total. The van der Waals surface area contributed by atoms with Crippen LogP contribution in [0.1, 0.15) is 85.5 Å². The number of esters is 1. The first-order valence-corrected chi connectivity index (χ1v) is 11.1. The highest BCUT2D eigenvalue weighted by Gasteiger charge is 2.63. The highest BCUT2D eigenvalue weighted by Crippen LogP contribution is 2.68. The zero-order chi connectivity index (χ0) is 18.7. The maximum atomic E-state index is 11.7. The SMILES string of the molecule is CC(=O)O[C@@H]1C[C@@H]2[C@@H]3CC[C@@H]4CCCC[C@]4(C)[C@@H]3CC[C@]2(C)[C@@H]1[C@H](C)O. The molecule has 148 valence electrons. The van der Waals surface area contributed by atoms with Crippen molar-refractivity contribution in [3.8, 4) is 0 Å². The molecule has 0 bridgehead atoms. The van der Waals surface area contributed by atoms with E-state index in [2.05, 4.69) is 13.8 Å². The predicted octanol–water partition coefficient (Wildman–Crippen LogP) is 4.96. The van der Waals surface area contributed by atoms with Gasteiger partial charge in [0.1, 0.15) is 6.10 Å². The lowest BCUT2D eigenvalue weighted by Crippen LogP contribution is -2.53. The molecule has 0 heterocycles. The van der Waals surface area contributed by atoms with Crippen molar-refractivity contribution >= 4 is 5.97 Å². The highest BCUT2D eigenvalue weighted by molar-refractivity contribution is 5.66. The minimum atomic E-state index is -0.410. The molecular weight excluding hydrogens is 324 g/mol. The largest absolute Gasteiger partial charge is 0.462 e. The van der Waals surface area contributed by atoms with Gasteiger partial charge in [0.2, 0.25) is 0 Å². The lowest BCUT2D eigenvalue weighted by Gasteiger charge is -2.60. The predicted molar refractivity (Wildman–Crippen MR) is 102 cm³/mol. The van der Waals surface area contributed by atoms with Crippen molar-refractivity contribution in [2.24, 2.45) is 40.4 Å². The average molecular weight is 363 g/mol. The van der Waals surface area contributed by atoms with E-state index >= 15 is 0 Å². The summed E-state index contributed by atoms with van der Waals surface area (Å²) in [5.41, 5.74) is 0.648. The van der Waals surface area contributed by atoms with E-state index in [1.165, 1.54) is 58.3 Å². The second-order valence-electron chi connectivity index (χ2n) is 10.6. The van der Waals surface area contributed by atoms with Crippen LogP contribution in [-0.4, -0.2) is 23.3 Å². The van der Waals surface area contributed by atoms with Gasteiger partial charge >= 0.3 is 5.97 Å². The Labute approximate surface area is 159 Å². The van der Waals surface area contributed by atoms with Crippen LogP contribution in [0.4, 0.5) is 0 Å². The normalized spacial score (nSPS) is 51.7. The smallest absolute Gasteiger partial charge is 0.302 e. The minimum absolute atomic E-state index is 0.0919. The van der Waals surface area contributed by atoms with E-state index in [0.717, 1.165) is 24.2 Å². The monoisotopic (exact) mass is 362 g/mol. The molecule has 4 aliphatic carbocycles. The topological polar surface area (TPSA) is 46.5 Å². The Kier molecular flexibility index (Phi) is 4.69. The van der Waals surface area contributed by atoms with Gasteiger partial charge in [-0.2, -0.15) is 0 Å². The Morgan fingerprint density at radius 3 is 2.50 bits per heavy atom. The van der Waals surface area contributed by atoms with Gasteiger partial charge in [-0.05, 0) is 86.4 Å². The number of carbonyl (C=O) groups is 1. The fourth-order valence-corrected chi connectivity index (χ4v) is 8.52. The van der Waals surface area contributed by atoms with Gasteiger partial charge in [0.15, 0.2) is 0 Å². The lowest BCUT2D eigenvalue weighted by atomic mass is 9.45. The van der Waals surface area contributed by atoms with Crippen LogP contribution in [0.2, 0.25) is 0 Å². The Morgan fingerprint density at radius 1 is 1.04 bits per heavy atom. The number of ether oxygens (including phenoxy) is 1. The van der Waals surface area contributed by atoms with E-state index in [1.54, 1.807) is 0 Å². The summed E-state index contributed by atoms with van der Waals surface area (Å²) in [5.74, 6) is 3.03. The quantitative estimate of drug-likeness (QED) is 0.706. The van der Waals surface area contributed by atoms with E-state index in [1.807, 2.05) is 6.92 Å². The molecule has 4 rings (SSSR count). The van der Waals surface area contributed by atoms with Crippen molar-refractivity contribution in [3.05, 3.63) is 0 Å². The zero-order valence-corrected chi connectivity index (χ0v) is 17.2. The molecule has 1 N–H and O–H groups in total. The van der Waals surface area contributed by atoms with Crippen LogP contribution in [0.5, 0.6) is 0 Å². The number of rotatable bonds is 2. The zero-order valence-electron chi connectivity index (χ0n) is 17.2. The summed E-state index contributed by atoms with van der Waals surface area (Å²) >= 11 is 0. The van der Waals surface area contributed by atoms with Gasteiger partial charge in [0.05, 0.1) is 6.10 Å². The van der Waals surface area contributed by atoms with Crippen LogP contribution in [0.25, 0.3) is 0 Å². The van der Waals surface area contributed by atoms with E-state index in [4.69, 9.17) is 4.74 Å².